The molecule has 11 heterocycles. The lowest BCUT2D eigenvalue weighted by molar-refractivity contribution is -0.145. The molecule has 11 aromatic heterocycles. The first-order valence-corrected chi connectivity index (χ1v) is 36.8. The average Bonchev–Trinajstić information content (AvgIpc) is 1.74. The van der Waals surface area contributed by atoms with Crippen molar-refractivity contribution in [1.82, 2.24) is 0 Å². The van der Waals surface area contributed by atoms with Crippen molar-refractivity contribution >= 4 is 98.5 Å². The first kappa shape index (κ1) is 106. The van der Waals surface area contributed by atoms with Gasteiger partial charge in [0.25, 0.3) is 6.47 Å². The number of carbonyl (C=O) groups excluding carboxylic acids is 14. The summed E-state index contributed by atoms with van der Waals surface area (Å²) in [5.74, 6) is 8.88. The predicted molar refractivity (Wildman–Crippen MR) is 424 cm³/mol. The number of methoxy groups -OCH3 is 4. The van der Waals surface area contributed by atoms with Crippen molar-refractivity contribution in [3.05, 3.63) is 260 Å². The molecule has 0 N–H and O–H groups in total. The maximum atomic E-state index is 10.9. The third-order valence-corrected chi connectivity index (χ3v) is 13.7. The number of alkyl halides is 1. The van der Waals surface area contributed by atoms with E-state index in [2.05, 4.69) is 25.9 Å². The van der Waals surface area contributed by atoms with Gasteiger partial charge in [-0.05, 0) is 167 Å². The number of rotatable bonds is 36. The smallest absolute Gasteiger partial charge is 0.373 e. The second-order valence-corrected chi connectivity index (χ2v) is 23.2. The Morgan fingerprint density at radius 1 is 0.331 bits per heavy atom. The van der Waals surface area contributed by atoms with Crippen molar-refractivity contribution in [1.29, 1.82) is 0 Å². The molecule has 35 nitrogen and oxygen atoms in total. The molecule has 0 fully saturated rings. The van der Waals surface area contributed by atoms with Gasteiger partial charge in [0.2, 0.25) is 11.5 Å². The fourth-order valence-electron chi connectivity index (χ4n) is 7.87. The van der Waals surface area contributed by atoms with Crippen LogP contribution in [-0.4, -0.2) is 135 Å². The van der Waals surface area contributed by atoms with Gasteiger partial charge in [-0.25, -0.2) is 9.59 Å². The summed E-state index contributed by atoms with van der Waals surface area (Å²) in [4.78, 5) is 144. The third kappa shape index (κ3) is 48.8. The number of hydrogen-bond acceptors (Lipinski definition) is 35. The Kier molecular flexibility index (Phi) is 58.1. The predicted octanol–water partition coefficient (Wildman–Crippen LogP) is 16.6. The van der Waals surface area contributed by atoms with Crippen LogP contribution in [0.1, 0.15) is 240 Å². The summed E-state index contributed by atoms with van der Waals surface area (Å²) in [6.45, 7) is 17.4. The lowest BCUT2D eigenvalue weighted by Crippen LogP contribution is -2.01. The Balaban J connectivity index is 0.000000667. The molecule has 0 bridgehead atoms. The fourth-order valence-corrected chi connectivity index (χ4v) is 8.01. The van der Waals surface area contributed by atoms with E-state index in [1.807, 2.05) is 13.8 Å². The summed E-state index contributed by atoms with van der Waals surface area (Å²) in [5.41, 5.74) is 0. The summed E-state index contributed by atoms with van der Waals surface area (Å²) < 4.78 is 103. The maximum Gasteiger partial charge on any atom is 0.373 e. The first-order chi connectivity index (χ1) is 58.5. The zero-order valence-electron chi connectivity index (χ0n) is 68.5. The highest BCUT2D eigenvalue weighted by Crippen LogP contribution is 2.15. The van der Waals surface area contributed by atoms with Crippen LogP contribution in [-0.2, 0) is 120 Å². The third-order valence-electron chi connectivity index (χ3n) is 13.4. The van der Waals surface area contributed by atoms with E-state index in [9.17, 15) is 67.1 Å². The Hall–Kier alpha value is -13.5. The number of hydrogen-bond donors (Lipinski definition) is 0. The molecule has 654 valence electrons. The quantitative estimate of drug-likeness (QED) is 0.0116. The zero-order valence-corrected chi connectivity index (χ0v) is 69.2. The van der Waals surface area contributed by atoms with Crippen LogP contribution in [0.25, 0.3) is 0 Å². The number of unbranched alkanes of at least 4 members (excludes halogenated alkanes) is 1. The molecule has 0 aliphatic rings. The molecule has 0 aliphatic carbocycles. The molecule has 36 heteroatoms. The van der Waals surface area contributed by atoms with Crippen LogP contribution < -0.4 is 0 Å². The Morgan fingerprint density at radius 2 is 0.636 bits per heavy atom. The summed E-state index contributed by atoms with van der Waals surface area (Å²) in [7, 11) is 5.75. The summed E-state index contributed by atoms with van der Waals surface area (Å²) in [6, 6.07) is 36.0. The van der Waals surface area contributed by atoms with Crippen molar-refractivity contribution in [2.45, 2.75) is 133 Å². The molecule has 121 heavy (non-hydrogen) atoms. The number of aldehydes is 9. The minimum Gasteiger partial charge on any atom is -0.463 e. The standard InChI is InChI=1S/C10H14O3.C9H10O4.C9H12O3.C8H10O4.C8H8O4.C8H10O3.C7H6O4.2C7H8O3.C6H5ClO2.C6H6O2/c1-2-3-6-12-8-10-5-4-9(7-11)13-10;1-2-9(11)12-6-8-4-3-7(5-10)13-8;1-2-5-11-7-9-4-3-8(6-10)12-9;1-10-5-6-3-4-7(12-6)8(9)11-2;1-6(10)11-5-8-3-2-7(4-9)12-8;1-2-10-6-8-4-3-7(5-9)11-8;8-3-6-1-2-7(11-6)4-10-5-9;1-5-3-4-6(10-5)7(8)9-2;1-9-5-7-3-2-6(4-8)10-7;7-3-5-1-2-6(4-8)9-5;1-5-2-3-6(4-7)8-5/h4-5,7H,2-3,6,8H2,1H3;3-5H,2,6H2,1H3;3-4,6H,2,5,7H2,1H3;3-4H,5H2,1-2H3;2-4H,5H2,1H3;3-5H,2,6H2,1H3;1-3,5H,4H2;3-4H,1-2H3;2-4H,5H2,1H3;1-2,4H,3H2;2-4H,1H3. The minimum atomic E-state index is -0.475. The highest BCUT2D eigenvalue weighted by molar-refractivity contribution is 6.16. The molecule has 0 saturated heterocycles. The Bertz CT molecular complexity index is 4670. The number of aryl methyl sites for hydroxylation is 2. The first-order valence-electron chi connectivity index (χ1n) is 36.3. The number of ether oxygens (including phenoxy) is 10. The van der Waals surface area contributed by atoms with Gasteiger partial charge in [0.15, 0.2) is 108 Å². The van der Waals surface area contributed by atoms with Gasteiger partial charge in [0.05, 0.1) is 20.1 Å². The van der Waals surface area contributed by atoms with Crippen molar-refractivity contribution in [3.8, 4) is 0 Å². The molecule has 11 rings (SSSR count). The van der Waals surface area contributed by atoms with E-state index in [-0.39, 0.29) is 60.6 Å². The van der Waals surface area contributed by atoms with Gasteiger partial charge < -0.3 is 96.0 Å². The molecule has 0 amide bonds. The second kappa shape index (κ2) is 66.6. The lowest BCUT2D eigenvalue weighted by atomic mass is 10.4. The molecule has 0 atom stereocenters. The minimum absolute atomic E-state index is 0.0668. The molecule has 0 radical (unpaired) electrons. The Labute approximate surface area is 699 Å². The van der Waals surface area contributed by atoms with Crippen molar-refractivity contribution in [3.63, 3.8) is 0 Å². The van der Waals surface area contributed by atoms with Crippen LogP contribution in [0.3, 0.4) is 0 Å². The molecule has 0 spiro atoms. The lowest BCUT2D eigenvalue weighted by Gasteiger charge is -1.99. The second-order valence-electron chi connectivity index (χ2n) is 22.9. The number of carbonyl (C=O) groups is 14. The van der Waals surface area contributed by atoms with Gasteiger partial charge in [-0.3, -0.25) is 57.5 Å². The number of furan rings is 11. The normalized spacial score (nSPS) is 9.65. The molecule has 0 aromatic carbocycles. The fraction of sp³-hybridized carbons (Fsp3) is 0.318. The maximum absolute atomic E-state index is 10.9. The zero-order chi connectivity index (χ0) is 89.8. The van der Waals surface area contributed by atoms with Gasteiger partial charge in [0, 0.05) is 47.4 Å². The van der Waals surface area contributed by atoms with Crippen molar-refractivity contribution < 1.29 is 163 Å². The molecule has 0 saturated carbocycles. The summed E-state index contributed by atoms with van der Waals surface area (Å²) >= 11 is 5.39. The largest absolute Gasteiger partial charge is 0.463 e. The van der Waals surface area contributed by atoms with Crippen LogP contribution in [0.5, 0.6) is 0 Å². The van der Waals surface area contributed by atoms with Crippen LogP contribution in [0.2, 0.25) is 0 Å². The van der Waals surface area contributed by atoms with Gasteiger partial charge in [-0.15, -0.1) is 11.6 Å². The average molecular weight is 1710 g/mol. The monoisotopic (exact) mass is 1710 g/mol. The van der Waals surface area contributed by atoms with E-state index in [1.54, 1.807) is 150 Å². The molecule has 0 aliphatic heterocycles. The molecular weight excluding hydrogens is 1620 g/mol. The van der Waals surface area contributed by atoms with Crippen LogP contribution in [0.4, 0.5) is 0 Å². The highest BCUT2D eigenvalue weighted by Gasteiger charge is 2.12. The van der Waals surface area contributed by atoms with Crippen molar-refractivity contribution in [2.75, 3.05) is 48.3 Å². The van der Waals surface area contributed by atoms with Gasteiger partial charge >= 0.3 is 23.9 Å². The summed E-state index contributed by atoms with van der Waals surface area (Å²) in [5, 5.41) is 0. The van der Waals surface area contributed by atoms with E-state index >= 15 is 0 Å². The Morgan fingerprint density at radius 3 is 0.934 bits per heavy atom. The topological polar surface area (TPSA) is 476 Å². The van der Waals surface area contributed by atoms with Crippen LogP contribution >= 0.6 is 11.6 Å². The van der Waals surface area contributed by atoms with Gasteiger partial charge in [-0.2, -0.15) is 0 Å². The number of esters is 4. The molecule has 11 aromatic rings. The van der Waals surface area contributed by atoms with Gasteiger partial charge in [-0.1, -0.05) is 27.2 Å². The molecule has 0 unspecified atom stereocenters. The molecular formula is C85H97ClO35. The van der Waals surface area contributed by atoms with E-state index in [0.29, 0.717) is 207 Å². The van der Waals surface area contributed by atoms with Crippen LogP contribution in [0.15, 0.2) is 182 Å². The number of halogens is 1. The van der Waals surface area contributed by atoms with E-state index in [1.165, 1.54) is 39.3 Å². The van der Waals surface area contributed by atoms with E-state index in [4.69, 9.17) is 88.6 Å². The SMILES string of the molecule is CC(=O)OCc1ccc(C=O)o1.CCC(=O)OCc1ccc(C=O)o1.CCCCOCc1ccc(C=O)o1.CCCOCc1ccc(C=O)o1.CCOCc1ccc(C=O)o1.COC(=O)c1ccc(C)o1.COCc1ccc(C(=O)OC)o1.COCc1ccc(C=O)o1.Cc1ccc(C=O)o1.O=COCc1ccc(C=O)o1.O=Cc1ccc(CCl)o1. The highest BCUT2D eigenvalue weighted by atomic mass is 35.5. The van der Waals surface area contributed by atoms with Gasteiger partial charge in [0.1, 0.15) is 116 Å². The van der Waals surface area contributed by atoms with E-state index in [0.717, 1.165) is 38.2 Å². The van der Waals surface area contributed by atoms with Crippen LogP contribution in [0, 0.1) is 13.8 Å². The van der Waals surface area contributed by atoms with E-state index < -0.39 is 11.9 Å². The van der Waals surface area contributed by atoms with Crippen molar-refractivity contribution in [2.24, 2.45) is 0 Å². The summed E-state index contributed by atoms with van der Waals surface area (Å²) in [6.07, 6.45) is 9.34.